The second-order valence-electron chi connectivity index (χ2n) is 3.98. The van der Waals surface area contributed by atoms with E-state index in [-0.39, 0.29) is 27.9 Å². The third-order valence-electron chi connectivity index (χ3n) is 2.75. The highest BCUT2D eigenvalue weighted by Crippen LogP contribution is 2.39. The molecule has 0 spiro atoms. The average molecular weight is 299 g/mol. The molecule has 0 amide bonds. The molecule has 19 heavy (non-hydrogen) atoms. The number of benzene rings is 1. The maximum absolute atomic E-state index is 10.3. The summed E-state index contributed by atoms with van der Waals surface area (Å²) >= 11 is 11.9. The zero-order chi connectivity index (χ0) is 14.0. The minimum absolute atomic E-state index is 0.118. The van der Waals surface area contributed by atoms with E-state index in [0.717, 1.165) is 0 Å². The van der Waals surface area contributed by atoms with E-state index < -0.39 is 6.10 Å². The maximum Gasteiger partial charge on any atom is 0.123 e. The van der Waals surface area contributed by atoms with Gasteiger partial charge in [0.05, 0.1) is 15.7 Å². The average Bonchev–Trinajstić information content (AvgIpc) is 2.43. The van der Waals surface area contributed by atoms with E-state index in [1.54, 1.807) is 12.1 Å². The molecule has 2 aromatic rings. The number of rotatable bonds is 3. The first-order valence-corrected chi connectivity index (χ1v) is 6.30. The molecule has 0 fully saturated rings. The molecule has 1 heterocycles. The zero-order valence-corrected chi connectivity index (χ0v) is 11.4. The molecule has 0 aliphatic heterocycles. The summed E-state index contributed by atoms with van der Waals surface area (Å²) in [6, 6.07) is 6.13. The Balaban J connectivity index is 2.49. The van der Waals surface area contributed by atoms with Gasteiger partial charge in [-0.15, -0.1) is 0 Å². The monoisotopic (exact) mass is 298 g/mol. The van der Waals surface area contributed by atoms with Crippen molar-refractivity contribution in [1.29, 1.82) is 0 Å². The molecule has 4 nitrogen and oxygen atoms in total. The van der Waals surface area contributed by atoms with Crippen LogP contribution in [0.3, 0.4) is 0 Å². The van der Waals surface area contributed by atoms with Crippen molar-refractivity contribution in [2.75, 3.05) is 0 Å². The number of phenols is 1. The first-order chi connectivity index (χ1) is 9.04. The summed E-state index contributed by atoms with van der Waals surface area (Å²) in [6.45, 7) is 0.260. The van der Waals surface area contributed by atoms with E-state index >= 15 is 0 Å². The van der Waals surface area contributed by atoms with E-state index in [1.807, 2.05) is 0 Å². The fourth-order valence-corrected chi connectivity index (χ4v) is 2.19. The lowest BCUT2D eigenvalue weighted by atomic mass is 10.0. The predicted octanol–water partition coefficient (Wildman–Crippen LogP) is 2.63. The van der Waals surface area contributed by atoms with Gasteiger partial charge < -0.3 is 15.9 Å². The van der Waals surface area contributed by atoms with E-state index in [1.165, 1.54) is 18.3 Å². The van der Waals surface area contributed by atoms with Crippen molar-refractivity contribution in [3.63, 3.8) is 0 Å². The largest absolute Gasteiger partial charge is 0.508 e. The number of halogens is 2. The van der Waals surface area contributed by atoms with E-state index in [2.05, 4.69) is 4.98 Å². The van der Waals surface area contributed by atoms with Crippen LogP contribution in [-0.4, -0.2) is 15.2 Å². The number of aromatic hydroxyl groups is 1. The standard InChI is InChI=1S/C13H12Cl2N2O2/c14-9-1-2-10(18)11(12(9)15)13(19)7-3-4-17-8(5-7)6-16/h1-5,13,18-19H,6,16H2/t13-/m0/s1. The summed E-state index contributed by atoms with van der Waals surface area (Å²) < 4.78 is 0. The molecule has 0 aliphatic rings. The molecule has 0 unspecified atom stereocenters. The lowest BCUT2D eigenvalue weighted by Crippen LogP contribution is -2.05. The van der Waals surface area contributed by atoms with Crippen LogP contribution >= 0.6 is 23.2 Å². The van der Waals surface area contributed by atoms with Gasteiger partial charge in [-0.05, 0) is 29.8 Å². The minimum Gasteiger partial charge on any atom is -0.508 e. The first kappa shape index (κ1) is 14.1. The van der Waals surface area contributed by atoms with Gasteiger partial charge in [0.15, 0.2) is 0 Å². The van der Waals surface area contributed by atoms with Crippen LogP contribution < -0.4 is 5.73 Å². The van der Waals surface area contributed by atoms with Gasteiger partial charge >= 0.3 is 0 Å². The van der Waals surface area contributed by atoms with Crippen molar-refractivity contribution >= 4 is 23.2 Å². The van der Waals surface area contributed by atoms with Crippen molar-refractivity contribution in [1.82, 2.24) is 4.98 Å². The van der Waals surface area contributed by atoms with E-state index in [4.69, 9.17) is 28.9 Å². The van der Waals surface area contributed by atoms with Gasteiger partial charge in [-0.2, -0.15) is 0 Å². The fourth-order valence-electron chi connectivity index (χ4n) is 1.76. The molecule has 100 valence electrons. The summed E-state index contributed by atoms with van der Waals surface area (Å²) in [7, 11) is 0. The van der Waals surface area contributed by atoms with Crippen LogP contribution in [0.2, 0.25) is 10.0 Å². The first-order valence-electron chi connectivity index (χ1n) is 5.54. The molecule has 0 radical (unpaired) electrons. The number of nitrogens with zero attached hydrogens (tertiary/aromatic N) is 1. The smallest absolute Gasteiger partial charge is 0.123 e. The highest BCUT2D eigenvalue weighted by Gasteiger charge is 2.20. The molecule has 4 N–H and O–H groups in total. The van der Waals surface area contributed by atoms with Crippen molar-refractivity contribution in [2.45, 2.75) is 12.6 Å². The summed E-state index contributed by atoms with van der Waals surface area (Å²) in [4.78, 5) is 4.04. The quantitative estimate of drug-likeness (QED) is 0.814. The number of nitrogens with two attached hydrogens (primary N) is 1. The number of aromatic nitrogens is 1. The van der Waals surface area contributed by atoms with Crippen molar-refractivity contribution < 1.29 is 10.2 Å². The lowest BCUT2D eigenvalue weighted by Gasteiger charge is -2.16. The second-order valence-corrected chi connectivity index (χ2v) is 4.77. The molecule has 6 heteroatoms. The van der Waals surface area contributed by atoms with Gasteiger partial charge in [-0.3, -0.25) is 4.98 Å². The third kappa shape index (κ3) is 2.82. The Morgan fingerprint density at radius 2 is 2.00 bits per heavy atom. The molecule has 0 aliphatic carbocycles. The van der Waals surface area contributed by atoms with Crippen LogP contribution in [0, 0.1) is 0 Å². The normalized spacial score (nSPS) is 12.4. The Labute approximate surface area is 120 Å². The van der Waals surface area contributed by atoms with Gasteiger partial charge in [-0.25, -0.2) is 0 Å². The topological polar surface area (TPSA) is 79.4 Å². The Morgan fingerprint density at radius 3 is 2.68 bits per heavy atom. The Hall–Kier alpha value is -1.33. The fraction of sp³-hybridized carbons (Fsp3) is 0.154. The van der Waals surface area contributed by atoms with Crippen molar-refractivity contribution in [2.24, 2.45) is 5.73 Å². The SMILES string of the molecule is NCc1cc([C@H](O)c2c(O)ccc(Cl)c2Cl)ccn1. The number of pyridine rings is 1. The molecule has 0 saturated carbocycles. The Bertz CT molecular complexity index is 605. The van der Waals surface area contributed by atoms with Crippen LogP contribution in [-0.2, 0) is 6.54 Å². The number of aliphatic hydroxyl groups excluding tert-OH is 1. The number of aliphatic hydroxyl groups is 1. The van der Waals surface area contributed by atoms with Gasteiger partial charge in [0.25, 0.3) is 0 Å². The molecule has 0 saturated heterocycles. The van der Waals surface area contributed by atoms with Gasteiger partial charge in [-0.1, -0.05) is 23.2 Å². The van der Waals surface area contributed by atoms with Crippen LogP contribution in [0.5, 0.6) is 5.75 Å². The van der Waals surface area contributed by atoms with Crippen LogP contribution in [0.1, 0.15) is 22.9 Å². The molecular formula is C13H12Cl2N2O2. The lowest BCUT2D eigenvalue weighted by molar-refractivity contribution is 0.215. The Kier molecular flexibility index (Phi) is 4.27. The second kappa shape index (κ2) is 5.75. The molecule has 2 rings (SSSR count). The van der Waals surface area contributed by atoms with E-state index in [0.29, 0.717) is 11.3 Å². The van der Waals surface area contributed by atoms with Crippen LogP contribution in [0.4, 0.5) is 0 Å². The summed E-state index contributed by atoms with van der Waals surface area (Å²) in [5, 5.41) is 20.5. The summed E-state index contributed by atoms with van der Waals surface area (Å²) in [5.41, 5.74) is 6.84. The predicted molar refractivity (Wildman–Crippen MR) is 74.3 cm³/mol. The molecule has 1 aromatic heterocycles. The van der Waals surface area contributed by atoms with Gasteiger partial charge in [0.1, 0.15) is 11.9 Å². The third-order valence-corrected chi connectivity index (χ3v) is 3.57. The van der Waals surface area contributed by atoms with Crippen LogP contribution in [0.25, 0.3) is 0 Å². The summed E-state index contributed by atoms with van der Waals surface area (Å²) in [5.74, 6) is -0.118. The molecule has 1 atom stereocenters. The van der Waals surface area contributed by atoms with Crippen molar-refractivity contribution in [3.8, 4) is 5.75 Å². The number of hydrogen-bond acceptors (Lipinski definition) is 4. The minimum atomic E-state index is -1.10. The van der Waals surface area contributed by atoms with Gasteiger partial charge in [0.2, 0.25) is 0 Å². The highest BCUT2D eigenvalue weighted by molar-refractivity contribution is 6.42. The molecule has 0 bridgehead atoms. The van der Waals surface area contributed by atoms with E-state index in [9.17, 15) is 10.2 Å². The Morgan fingerprint density at radius 1 is 1.26 bits per heavy atom. The number of hydrogen-bond donors (Lipinski definition) is 3. The highest BCUT2D eigenvalue weighted by atomic mass is 35.5. The van der Waals surface area contributed by atoms with Crippen LogP contribution in [0.15, 0.2) is 30.5 Å². The maximum atomic E-state index is 10.3. The molecular weight excluding hydrogens is 287 g/mol. The van der Waals surface area contributed by atoms with Gasteiger partial charge in [0, 0.05) is 18.3 Å². The molecule has 1 aromatic carbocycles. The number of phenolic OH excluding ortho intramolecular Hbond substituents is 1. The van der Waals surface area contributed by atoms with Crippen molar-refractivity contribution in [3.05, 3.63) is 57.3 Å². The zero-order valence-electron chi connectivity index (χ0n) is 9.85. The summed E-state index contributed by atoms with van der Waals surface area (Å²) in [6.07, 6.45) is 0.440.